The van der Waals surface area contributed by atoms with Gasteiger partial charge in [-0.15, -0.1) is 0 Å². The number of carbonyl (C=O) groups excluding carboxylic acids is 2. The van der Waals surface area contributed by atoms with Gasteiger partial charge in [0.05, 0.1) is 13.2 Å². The molecule has 60 heavy (non-hydrogen) atoms. The van der Waals surface area contributed by atoms with Gasteiger partial charge in [0.2, 0.25) is 0 Å². The lowest BCUT2D eigenvalue weighted by molar-refractivity contribution is -0.161. The molecule has 350 valence electrons. The first kappa shape index (κ1) is 58.0. The zero-order chi connectivity index (χ0) is 43.9. The number of unbranched alkanes of at least 4 members (excludes halogenated alkanes) is 26. The first-order valence-electron chi connectivity index (χ1n) is 24.9. The normalized spacial score (nSPS) is 13.6. The first-order chi connectivity index (χ1) is 29.3. The van der Waals surface area contributed by atoms with Crippen molar-refractivity contribution >= 4 is 19.8 Å². The van der Waals surface area contributed by atoms with E-state index in [1.807, 2.05) is 0 Å². The second kappa shape index (κ2) is 46.5. The smallest absolute Gasteiger partial charge is 0.462 e. The van der Waals surface area contributed by atoms with E-state index >= 15 is 0 Å². The fourth-order valence-electron chi connectivity index (χ4n) is 7.03. The minimum atomic E-state index is -4.29. The summed E-state index contributed by atoms with van der Waals surface area (Å²) in [6.07, 6.45) is 56.1. The van der Waals surface area contributed by atoms with Crippen molar-refractivity contribution in [2.24, 2.45) is 0 Å². The lowest BCUT2D eigenvalue weighted by Gasteiger charge is -2.19. The lowest BCUT2D eigenvalue weighted by Crippen LogP contribution is -2.29. The Balaban J connectivity index is 3.98. The Morgan fingerprint density at radius 2 is 0.850 bits per heavy atom. The Bertz CT molecular complexity index is 1120. The molecule has 0 aliphatic rings. The predicted molar refractivity (Wildman–Crippen MR) is 253 cm³/mol. The second-order valence-corrected chi connectivity index (χ2v) is 17.9. The molecule has 0 fully saturated rings. The van der Waals surface area contributed by atoms with Gasteiger partial charge >= 0.3 is 19.8 Å². The highest BCUT2D eigenvalue weighted by molar-refractivity contribution is 7.47. The number of carbonyl (C=O) groups is 2. The number of allylic oxidation sites excluding steroid dienone is 8. The predicted octanol–water partition coefficient (Wildman–Crippen LogP) is 16.1. The second-order valence-electron chi connectivity index (χ2n) is 16.5. The standard InChI is InChI=1S/C51H93O8P/c1-4-7-9-11-13-15-17-19-21-23-24-25-26-27-28-30-31-33-35-37-39-41-43-45-50(52)56-47-49(48-58-60(54,55)57-6-3)59-51(53)46-44-42-40-38-36-34-32-29-22-20-18-16-14-12-10-8-5-2/h8,10,14,16,20,22,32,34,49H,4-7,9,11-13,15,17-19,21,23-31,33,35-48H2,1-3H3,(H,54,55)/b10-8-,16-14-,22-20-,34-32-. The van der Waals surface area contributed by atoms with Crippen molar-refractivity contribution in [3.63, 3.8) is 0 Å². The van der Waals surface area contributed by atoms with Crippen LogP contribution in [-0.4, -0.2) is 42.8 Å². The van der Waals surface area contributed by atoms with Crippen molar-refractivity contribution in [1.82, 2.24) is 0 Å². The van der Waals surface area contributed by atoms with Crippen LogP contribution in [0.1, 0.15) is 239 Å². The summed E-state index contributed by atoms with van der Waals surface area (Å²) in [5.41, 5.74) is 0. The van der Waals surface area contributed by atoms with Crippen LogP contribution >= 0.6 is 7.82 Å². The summed E-state index contributed by atoms with van der Waals surface area (Å²) in [6.45, 7) is 5.37. The van der Waals surface area contributed by atoms with E-state index in [0.29, 0.717) is 12.8 Å². The van der Waals surface area contributed by atoms with Crippen LogP contribution in [0.5, 0.6) is 0 Å². The van der Waals surface area contributed by atoms with E-state index in [1.165, 1.54) is 128 Å². The van der Waals surface area contributed by atoms with Crippen molar-refractivity contribution < 1.29 is 37.6 Å². The van der Waals surface area contributed by atoms with Gasteiger partial charge in [-0.1, -0.05) is 217 Å². The Morgan fingerprint density at radius 3 is 1.28 bits per heavy atom. The van der Waals surface area contributed by atoms with Gasteiger partial charge < -0.3 is 14.4 Å². The van der Waals surface area contributed by atoms with Gasteiger partial charge in [0.25, 0.3) is 0 Å². The summed E-state index contributed by atoms with van der Waals surface area (Å²) < 4.78 is 32.7. The molecule has 1 N–H and O–H groups in total. The average molecular weight is 865 g/mol. The molecule has 0 saturated heterocycles. The molecule has 0 aromatic heterocycles. The highest BCUT2D eigenvalue weighted by Crippen LogP contribution is 2.43. The van der Waals surface area contributed by atoms with Gasteiger partial charge in [-0.25, -0.2) is 4.57 Å². The first-order valence-corrected chi connectivity index (χ1v) is 26.4. The summed E-state index contributed by atoms with van der Waals surface area (Å²) in [5.74, 6) is -0.817. The molecular formula is C51H93O8P. The van der Waals surface area contributed by atoms with Crippen molar-refractivity contribution in [2.75, 3.05) is 19.8 Å². The van der Waals surface area contributed by atoms with E-state index < -0.39 is 26.5 Å². The van der Waals surface area contributed by atoms with Gasteiger partial charge in [-0.2, -0.15) is 0 Å². The van der Waals surface area contributed by atoms with E-state index in [-0.39, 0.29) is 25.6 Å². The number of ether oxygens (including phenoxy) is 2. The van der Waals surface area contributed by atoms with Crippen molar-refractivity contribution in [3.8, 4) is 0 Å². The van der Waals surface area contributed by atoms with Crippen molar-refractivity contribution in [1.29, 1.82) is 0 Å². The number of esters is 2. The maximum Gasteiger partial charge on any atom is 0.472 e. The third-order valence-corrected chi connectivity index (χ3v) is 11.7. The Hall–Kier alpha value is -1.99. The molecular weight excluding hydrogens is 772 g/mol. The maximum absolute atomic E-state index is 12.6. The summed E-state index contributed by atoms with van der Waals surface area (Å²) in [7, 11) is -4.29. The van der Waals surface area contributed by atoms with Gasteiger partial charge in [0, 0.05) is 12.8 Å². The molecule has 0 aliphatic carbocycles. The van der Waals surface area contributed by atoms with Crippen LogP contribution in [0.25, 0.3) is 0 Å². The Labute approximate surface area is 369 Å². The van der Waals surface area contributed by atoms with E-state index in [0.717, 1.165) is 70.6 Å². The number of phosphoric ester groups is 1. The zero-order valence-corrected chi connectivity index (χ0v) is 40.0. The molecule has 0 rings (SSSR count). The molecule has 0 amide bonds. The average Bonchev–Trinajstić information content (AvgIpc) is 3.23. The van der Waals surface area contributed by atoms with Crippen LogP contribution in [-0.2, 0) is 32.7 Å². The van der Waals surface area contributed by atoms with E-state index in [2.05, 4.69) is 62.5 Å². The van der Waals surface area contributed by atoms with Gasteiger partial charge in [0.15, 0.2) is 6.10 Å². The zero-order valence-electron chi connectivity index (χ0n) is 39.1. The largest absolute Gasteiger partial charge is 0.472 e. The van der Waals surface area contributed by atoms with E-state index in [4.69, 9.17) is 18.5 Å². The van der Waals surface area contributed by atoms with Crippen LogP contribution in [0.4, 0.5) is 0 Å². The molecule has 2 atom stereocenters. The Kier molecular flexibility index (Phi) is 45.0. The molecule has 0 spiro atoms. The molecule has 0 bridgehead atoms. The third kappa shape index (κ3) is 45.5. The van der Waals surface area contributed by atoms with Gasteiger partial charge in [0.1, 0.15) is 6.61 Å². The third-order valence-electron chi connectivity index (χ3n) is 10.6. The quantitative estimate of drug-likeness (QED) is 0.0279. The summed E-state index contributed by atoms with van der Waals surface area (Å²) >= 11 is 0. The molecule has 0 aliphatic heterocycles. The van der Waals surface area contributed by atoms with E-state index in [1.54, 1.807) is 6.92 Å². The van der Waals surface area contributed by atoms with Crippen LogP contribution in [0.3, 0.4) is 0 Å². The molecule has 9 heteroatoms. The van der Waals surface area contributed by atoms with Crippen molar-refractivity contribution in [2.45, 2.75) is 245 Å². The number of rotatable bonds is 46. The lowest BCUT2D eigenvalue weighted by atomic mass is 10.0. The van der Waals surface area contributed by atoms with E-state index in [9.17, 15) is 19.0 Å². The summed E-state index contributed by atoms with van der Waals surface area (Å²) in [5, 5.41) is 0. The van der Waals surface area contributed by atoms with Crippen LogP contribution < -0.4 is 0 Å². The van der Waals surface area contributed by atoms with Crippen LogP contribution in [0, 0.1) is 0 Å². The number of hydrogen-bond acceptors (Lipinski definition) is 7. The molecule has 2 unspecified atom stereocenters. The minimum absolute atomic E-state index is 0.00490. The highest BCUT2D eigenvalue weighted by Gasteiger charge is 2.25. The van der Waals surface area contributed by atoms with Crippen molar-refractivity contribution in [3.05, 3.63) is 48.6 Å². The Morgan fingerprint density at radius 1 is 0.467 bits per heavy atom. The summed E-state index contributed by atoms with van der Waals surface area (Å²) in [6, 6.07) is 0. The maximum atomic E-state index is 12.6. The van der Waals surface area contributed by atoms with Crippen LogP contribution in [0.2, 0.25) is 0 Å². The molecule has 0 aromatic rings. The minimum Gasteiger partial charge on any atom is -0.462 e. The van der Waals surface area contributed by atoms with Gasteiger partial charge in [-0.05, 0) is 58.3 Å². The van der Waals surface area contributed by atoms with Gasteiger partial charge in [-0.3, -0.25) is 18.6 Å². The van der Waals surface area contributed by atoms with Crippen LogP contribution in [0.15, 0.2) is 48.6 Å². The highest BCUT2D eigenvalue weighted by atomic mass is 31.2. The molecule has 0 aromatic carbocycles. The topological polar surface area (TPSA) is 108 Å². The fourth-order valence-corrected chi connectivity index (χ4v) is 7.79. The SMILES string of the molecule is CC/C=C\C/C=C\C/C=C\C/C=C\CCCCCCC(=O)OC(COC(=O)CCCCCCCCCCCCCCCCCCCCCCCCC)COP(=O)(O)OCC. The summed E-state index contributed by atoms with van der Waals surface area (Å²) in [4.78, 5) is 34.9. The molecule has 8 nitrogen and oxygen atoms in total. The monoisotopic (exact) mass is 865 g/mol. The number of hydrogen-bond donors (Lipinski definition) is 1. The molecule has 0 saturated carbocycles. The fraction of sp³-hybridized carbons (Fsp3) is 0.804. The number of phosphoric acid groups is 1. The molecule has 0 radical (unpaired) electrons. The molecule has 0 heterocycles.